The number of hydrogen-bond donors (Lipinski definition) is 2. The third-order valence-electron chi connectivity index (χ3n) is 3.36. The molecule has 1 aromatic carbocycles. The Labute approximate surface area is 117 Å². The standard InChI is InChI=1S/C15H15N5/c1-10-7-12(8-16)19-15(18-10)20-14-4-2-3-11-9-17-6-5-13(11)14/h2-4,7,17H,5-6,9H2,1H3,(H,18,19,20). The summed E-state index contributed by atoms with van der Waals surface area (Å²) in [5, 5.41) is 15.6. The molecular weight excluding hydrogens is 250 g/mol. The van der Waals surface area contributed by atoms with Crippen LogP contribution in [0.3, 0.4) is 0 Å². The first-order chi connectivity index (χ1) is 9.76. The minimum absolute atomic E-state index is 0.381. The number of nitrogens with zero attached hydrogens (tertiary/aromatic N) is 3. The monoisotopic (exact) mass is 265 g/mol. The topological polar surface area (TPSA) is 73.6 Å². The molecule has 0 atom stereocenters. The van der Waals surface area contributed by atoms with Crippen LogP contribution >= 0.6 is 0 Å². The second-order valence-corrected chi connectivity index (χ2v) is 4.83. The molecule has 20 heavy (non-hydrogen) atoms. The molecule has 0 amide bonds. The largest absolute Gasteiger partial charge is 0.324 e. The van der Waals surface area contributed by atoms with Gasteiger partial charge in [0.05, 0.1) is 0 Å². The van der Waals surface area contributed by atoms with Gasteiger partial charge in [0.25, 0.3) is 0 Å². The minimum atomic E-state index is 0.381. The van der Waals surface area contributed by atoms with Gasteiger partial charge in [-0.3, -0.25) is 0 Å². The van der Waals surface area contributed by atoms with Crippen molar-refractivity contribution in [2.45, 2.75) is 19.9 Å². The van der Waals surface area contributed by atoms with Gasteiger partial charge in [-0.05, 0) is 43.1 Å². The van der Waals surface area contributed by atoms with Crippen molar-refractivity contribution < 1.29 is 0 Å². The van der Waals surface area contributed by atoms with E-state index in [2.05, 4.69) is 32.7 Å². The normalized spacial score (nSPS) is 13.4. The Morgan fingerprint density at radius 2 is 2.25 bits per heavy atom. The molecule has 0 saturated heterocycles. The lowest BCUT2D eigenvalue weighted by molar-refractivity contribution is 0.645. The van der Waals surface area contributed by atoms with Gasteiger partial charge in [0.1, 0.15) is 11.8 Å². The van der Waals surface area contributed by atoms with Gasteiger partial charge in [-0.25, -0.2) is 9.97 Å². The van der Waals surface area contributed by atoms with E-state index in [9.17, 15) is 0 Å². The highest BCUT2D eigenvalue weighted by molar-refractivity contribution is 5.61. The molecule has 2 heterocycles. The first-order valence-electron chi connectivity index (χ1n) is 6.60. The molecule has 2 N–H and O–H groups in total. The van der Waals surface area contributed by atoms with E-state index in [-0.39, 0.29) is 0 Å². The second-order valence-electron chi connectivity index (χ2n) is 4.83. The van der Waals surface area contributed by atoms with E-state index in [1.165, 1.54) is 11.1 Å². The van der Waals surface area contributed by atoms with Gasteiger partial charge in [0.15, 0.2) is 0 Å². The van der Waals surface area contributed by atoms with Gasteiger partial charge in [-0.15, -0.1) is 0 Å². The lowest BCUT2D eigenvalue weighted by Crippen LogP contribution is -2.24. The van der Waals surface area contributed by atoms with E-state index in [1.807, 2.05) is 19.1 Å². The highest BCUT2D eigenvalue weighted by atomic mass is 15.1. The first kappa shape index (κ1) is 12.6. The van der Waals surface area contributed by atoms with Gasteiger partial charge >= 0.3 is 0 Å². The van der Waals surface area contributed by atoms with Crippen LogP contribution in [0.4, 0.5) is 11.6 Å². The van der Waals surface area contributed by atoms with Crippen LogP contribution in [0.1, 0.15) is 22.5 Å². The molecule has 0 radical (unpaired) electrons. The lowest BCUT2D eigenvalue weighted by Gasteiger charge is -2.20. The lowest BCUT2D eigenvalue weighted by atomic mass is 9.99. The summed E-state index contributed by atoms with van der Waals surface area (Å²) in [7, 11) is 0. The van der Waals surface area contributed by atoms with E-state index in [1.54, 1.807) is 6.07 Å². The molecule has 1 aliphatic rings. The molecule has 0 fully saturated rings. The number of nitrogens with one attached hydrogen (secondary N) is 2. The summed E-state index contributed by atoms with van der Waals surface area (Å²) in [6.07, 6.45) is 0.982. The molecule has 0 unspecified atom stereocenters. The van der Waals surface area contributed by atoms with E-state index < -0.39 is 0 Å². The van der Waals surface area contributed by atoms with Crippen LogP contribution in [-0.4, -0.2) is 16.5 Å². The number of hydrogen-bond acceptors (Lipinski definition) is 5. The van der Waals surface area contributed by atoms with E-state index >= 15 is 0 Å². The molecule has 3 rings (SSSR count). The Morgan fingerprint density at radius 3 is 3.10 bits per heavy atom. The predicted molar refractivity (Wildman–Crippen MR) is 76.6 cm³/mol. The highest BCUT2D eigenvalue weighted by Gasteiger charge is 2.13. The van der Waals surface area contributed by atoms with Crippen molar-refractivity contribution in [3.8, 4) is 6.07 Å². The van der Waals surface area contributed by atoms with Crippen molar-refractivity contribution in [2.75, 3.05) is 11.9 Å². The fraction of sp³-hybridized carbons (Fsp3) is 0.267. The van der Waals surface area contributed by atoms with Crippen LogP contribution < -0.4 is 10.6 Å². The predicted octanol–water partition coefficient (Wildman–Crippen LogP) is 2.05. The van der Waals surface area contributed by atoms with E-state index in [0.717, 1.165) is 30.9 Å². The Balaban J connectivity index is 1.96. The molecular formula is C15H15N5. The number of aromatic nitrogens is 2. The molecule has 100 valence electrons. The van der Waals surface area contributed by atoms with E-state index in [4.69, 9.17) is 5.26 Å². The van der Waals surface area contributed by atoms with Crippen LogP contribution in [0.5, 0.6) is 0 Å². The summed E-state index contributed by atoms with van der Waals surface area (Å²) < 4.78 is 0. The SMILES string of the molecule is Cc1cc(C#N)nc(Nc2cccc3c2CCNC3)n1. The molecule has 5 heteroatoms. The van der Waals surface area contributed by atoms with Crippen molar-refractivity contribution in [3.05, 3.63) is 46.8 Å². The van der Waals surface area contributed by atoms with Crippen LogP contribution in [0.25, 0.3) is 0 Å². The number of nitriles is 1. The summed E-state index contributed by atoms with van der Waals surface area (Å²) in [5.41, 5.74) is 4.79. The highest BCUT2D eigenvalue weighted by Crippen LogP contribution is 2.25. The van der Waals surface area contributed by atoms with E-state index in [0.29, 0.717) is 11.6 Å². The zero-order valence-corrected chi connectivity index (χ0v) is 11.3. The summed E-state index contributed by atoms with van der Waals surface area (Å²) in [5.74, 6) is 0.480. The third kappa shape index (κ3) is 2.46. The third-order valence-corrected chi connectivity index (χ3v) is 3.36. The maximum Gasteiger partial charge on any atom is 0.228 e. The van der Waals surface area contributed by atoms with Gasteiger partial charge in [-0.2, -0.15) is 5.26 Å². The zero-order chi connectivity index (χ0) is 13.9. The van der Waals surface area contributed by atoms with Gasteiger partial charge < -0.3 is 10.6 Å². The Hall–Kier alpha value is -2.45. The number of benzene rings is 1. The van der Waals surface area contributed by atoms with Crippen LogP contribution in [0.2, 0.25) is 0 Å². The fourth-order valence-electron chi connectivity index (χ4n) is 2.45. The maximum absolute atomic E-state index is 8.97. The number of anilines is 2. The zero-order valence-electron chi connectivity index (χ0n) is 11.3. The molecule has 1 aromatic heterocycles. The summed E-state index contributed by atoms with van der Waals surface area (Å²) >= 11 is 0. The number of aryl methyl sites for hydroxylation is 1. The van der Waals surface area contributed by atoms with Crippen LogP contribution in [0.15, 0.2) is 24.3 Å². The van der Waals surface area contributed by atoms with Crippen molar-refractivity contribution in [1.29, 1.82) is 5.26 Å². The van der Waals surface area contributed by atoms with Crippen molar-refractivity contribution in [3.63, 3.8) is 0 Å². The fourth-order valence-corrected chi connectivity index (χ4v) is 2.45. The number of fused-ring (bicyclic) bond motifs is 1. The average Bonchev–Trinajstić information content (AvgIpc) is 2.47. The van der Waals surface area contributed by atoms with Gasteiger partial charge in [0.2, 0.25) is 5.95 Å². The Kier molecular flexibility index (Phi) is 3.32. The van der Waals surface area contributed by atoms with Gasteiger partial charge in [0, 0.05) is 17.9 Å². The molecule has 0 spiro atoms. The average molecular weight is 265 g/mol. The summed E-state index contributed by atoms with van der Waals surface area (Å²) in [4.78, 5) is 8.53. The molecule has 0 bridgehead atoms. The van der Waals surface area contributed by atoms with Crippen LogP contribution in [-0.2, 0) is 13.0 Å². The van der Waals surface area contributed by atoms with Crippen molar-refractivity contribution in [1.82, 2.24) is 15.3 Å². The Bertz CT molecular complexity index is 687. The van der Waals surface area contributed by atoms with Crippen LogP contribution in [0, 0.1) is 18.3 Å². The van der Waals surface area contributed by atoms with Gasteiger partial charge in [-0.1, -0.05) is 12.1 Å². The molecule has 0 saturated carbocycles. The minimum Gasteiger partial charge on any atom is -0.324 e. The van der Waals surface area contributed by atoms with Crippen molar-refractivity contribution in [2.24, 2.45) is 0 Å². The molecule has 2 aromatic rings. The second kappa shape index (κ2) is 5.27. The molecule has 1 aliphatic heterocycles. The quantitative estimate of drug-likeness (QED) is 0.869. The summed E-state index contributed by atoms with van der Waals surface area (Å²) in [6.45, 7) is 3.73. The van der Waals surface area contributed by atoms with Crippen molar-refractivity contribution >= 4 is 11.6 Å². The smallest absolute Gasteiger partial charge is 0.228 e. The number of rotatable bonds is 2. The maximum atomic E-state index is 8.97. The molecule has 0 aliphatic carbocycles. The Morgan fingerprint density at radius 1 is 1.35 bits per heavy atom. The molecule has 5 nitrogen and oxygen atoms in total. The summed E-state index contributed by atoms with van der Waals surface area (Å²) in [6, 6.07) is 9.91. The first-order valence-corrected chi connectivity index (χ1v) is 6.60.